The van der Waals surface area contributed by atoms with Crippen LogP contribution in [0.15, 0.2) is 12.1 Å². The molecule has 0 spiro atoms. The maximum atomic E-state index is 11.7. The second kappa shape index (κ2) is 6.79. The summed E-state index contributed by atoms with van der Waals surface area (Å²) >= 11 is 11.4. The van der Waals surface area contributed by atoms with Crippen molar-refractivity contribution in [2.24, 2.45) is 0 Å². The molecule has 0 saturated carbocycles. The summed E-state index contributed by atoms with van der Waals surface area (Å²) in [6.07, 6.45) is 0.150. The Bertz CT molecular complexity index is 377. The second-order valence-corrected chi connectivity index (χ2v) is 4.45. The van der Waals surface area contributed by atoms with Gasteiger partial charge in [0.25, 0.3) is 5.91 Å². The number of halogens is 2. The molecule has 0 bridgehead atoms. The van der Waals surface area contributed by atoms with E-state index in [2.05, 4.69) is 10.3 Å². The van der Waals surface area contributed by atoms with E-state index in [4.69, 9.17) is 27.9 Å². The van der Waals surface area contributed by atoms with Crippen LogP contribution in [0.1, 0.15) is 24.2 Å². The van der Waals surface area contributed by atoms with Crippen LogP contribution in [-0.4, -0.2) is 30.1 Å². The van der Waals surface area contributed by atoms with Crippen molar-refractivity contribution in [1.82, 2.24) is 10.3 Å². The molecule has 0 atom stereocenters. The van der Waals surface area contributed by atoms with Crippen LogP contribution in [0.3, 0.4) is 0 Å². The number of carbonyl (C=O) groups excluding carboxylic acids is 1. The van der Waals surface area contributed by atoms with Crippen molar-refractivity contribution in [3.8, 4) is 0 Å². The van der Waals surface area contributed by atoms with Gasteiger partial charge in [0.05, 0.1) is 12.7 Å². The van der Waals surface area contributed by atoms with Crippen LogP contribution in [0.4, 0.5) is 0 Å². The fourth-order valence-electron chi connectivity index (χ4n) is 1.16. The van der Waals surface area contributed by atoms with E-state index in [0.717, 1.165) is 0 Å². The van der Waals surface area contributed by atoms with Gasteiger partial charge in [0.2, 0.25) is 0 Å². The molecule has 0 aromatic carbocycles. The third-order valence-electron chi connectivity index (χ3n) is 1.86. The minimum Gasteiger partial charge on any atom is -0.377 e. The average Bonchev–Trinajstić information content (AvgIpc) is 2.22. The largest absolute Gasteiger partial charge is 0.377 e. The van der Waals surface area contributed by atoms with Gasteiger partial charge in [-0.05, 0) is 26.0 Å². The highest BCUT2D eigenvalue weighted by Crippen LogP contribution is 2.14. The quantitative estimate of drug-likeness (QED) is 0.664. The van der Waals surface area contributed by atoms with Crippen molar-refractivity contribution < 1.29 is 9.53 Å². The molecular weight excluding hydrogens is 263 g/mol. The highest BCUT2D eigenvalue weighted by Gasteiger charge is 2.08. The number of amides is 1. The van der Waals surface area contributed by atoms with E-state index in [9.17, 15) is 4.79 Å². The number of rotatable bonds is 5. The molecule has 0 fully saturated rings. The van der Waals surface area contributed by atoms with E-state index in [0.29, 0.717) is 18.7 Å². The van der Waals surface area contributed by atoms with Gasteiger partial charge in [-0.15, -0.1) is 0 Å². The molecule has 0 saturated heterocycles. The third-order valence-corrected chi connectivity index (χ3v) is 2.25. The molecule has 1 amide bonds. The molecule has 0 aliphatic carbocycles. The number of nitrogens with one attached hydrogen (secondary N) is 1. The van der Waals surface area contributed by atoms with Gasteiger partial charge in [0.15, 0.2) is 0 Å². The standard InChI is InChI=1S/C11H14Cl2N2O2/c1-7(2)17-4-3-14-11(16)8-5-9(12)15-10(13)6-8/h5-7H,3-4H2,1-2H3,(H,14,16). The zero-order chi connectivity index (χ0) is 12.8. The fourth-order valence-corrected chi connectivity index (χ4v) is 1.62. The maximum absolute atomic E-state index is 11.7. The first-order chi connectivity index (χ1) is 7.99. The highest BCUT2D eigenvalue weighted by atomic mass is 35.5. The number of hydrogen-bond donors (Lipinski definition) is 1. The van der Waals surface area contributed by atoms with Gasteiger partial charge in [0, 0.05) is 12.1 Å². The SMILES string of the molecule is CC(C)OCCNC(=O)c1cc(Cl)nc(Cl)c1. The Balaban J connectivity index is 2.47. The van der Waals surface area contributed by atoms with Gasteiger partial charge >= 0.3 is 0 Å². The van der Waals surface area contributed by atoms with Crippen LogP contribution < -0.4 is 5.32 Å². The Morgan fingerprint density at radius 3 is 2.53 bits per heavy atom. The lowest BCUT2D eigenvalue weighted by Crippen LogP contribution is -2.28. The van der Waals surface area contributed by atoms with Crippen molar-refractivity contribution in [2.75, 3.05) is 13.2 Å². The van der Waals surface area contributed by atoms with Crippen molar-refractivity contribution in [3.63, 3.8) is 0 Å². The number of hydrogen-bond acceptors (Lipinski definition) is 3. The summed E-state index contributed by atoms with van der Waals surface area (Å²) in [5.41, 5.74) is 0.388. The van der Waals surface area contributed by atoms with Gasteiger partial charge in [0.1, 0.15) is 10.3 Å². The summed E-state index contributed by atoms with van der Waals surface area (Å²) in [5, 5.41) is 3.09. The summed E-state index contributed by atoms with van der Waals surface area (Å²) in [6.45, 7) is 4.78. The van der Waals surface area contributed by atoms with E-state index in [1.165, 1.54) is 12.1 Å². The molecular formula is C11H14Cl2N2O2. The van der Waals surface area contributed by atoms with Crippen LogP contribution in [-0.2, 0) is 4.74 Å². The van der Waals surface area contributed by atoms with Crippen LogP contribution >= 0.6 is 23.2 Å². The molecule has 1 rings (SSSR count). The number of pyridine rings is 1. The van der Waals surface area contributed by atoms with Gasteiger partial charge in [-0.25, -0.2) is 4.98 Å². The van der Waals surface area contributed by atoms with E-state index < -0.39 is 0 Å². The molecule has 94 valence electrons. The summed E-state index contributed by atoms with van der Waals surface area (Å²) in [6, 6.07) is 2.93. The molecule has 17 heavy (non-hydrogen) atoms. The van der Waals surface area contributed by atoms with Crippen molar-refractivity contribution in [2.45, 2.75) is 20.0 Å². The van der Waals surface area contributed by atoms with Crippen LogP contribution in [0.5, 0.6) is 0 Å². The first kappa shape index (κ1) is 14.2. The molecule has 1 aromatic heterocycles. The van der Waals surface area contributed by atoms with E-state index in [1.54, 1.807) is 0 Å². The molecule has 6 heteroatoms. The van der Waals surface area contributed by atoms with Crippen LogP contribution in [0.25, 0.3) is 0 Å². The minimum absolute atomic E-state index is 0.150. The van der Waals surface area contributed by atoms with E-state index in [1.807, 2.05) is 13.8 Å². The summed E-state index contributed by atoms with van der Waals surface area (Å²) in [4.78, 5) is 15.4. The topological polar surface area (TPSA) is 51.2 Å². The zero-order valence-corrected chi connectivity index (χ0v) is 11.2. The fraction of sp³-hybridized carbons (Fsp3) is 0.455. The van der Waals surface area contributed by atoms with E-state index >= 15 is 0 Å². The first-order valence-corrected chi connectivity index (χ1v) is 5.97. The van der Waals surface area contributed by atoms with Crippen molar-refractivity contribution in [1.29, 1.82) is 0 Å². The number of carbonyl (C=O) groups is 1. The summed E-state index contributed by atoms with van der Waals surface area (Å²) < 4.78 is 5.30. The van der Waals surface area contributed by atoms with E-state index in [-0.39, 0.29) is 22.3 Å². The molecule has 4 nitrogen and oxygen atoms in total. The smallest absolute Gasteiger partial charge is 0.251 e. The highest BCUT2D eigenvalue weighted by molar-refractivity contribution is 6.33. The molecule has 1 aromatic rings. The Labute approximate surface area is 110 Å². The summed E-state index contributed by atoms with van der Waals surface area (Å²) in [7, 11) is 0. The molecule has 0 radical (unpaired) electrons. The molecule has 0 aliphatic rings. The Hall–Kier alpha value is -0.840. The minimum atomic E-state index is -0.247. The van der Waals surface area contributed by atoms with Gasteiger partial charge in [-0.1, -0.05) is 23.2 Å². The zero-order valence-electron chi connectivity index (χ0n) is 9.67. The lowest BCUT2D eigenvalue weighted by molar-refractivity contribution is 0.0746. The number of nitrogens with zero attached hydrogens (tertiary/aromatic N) is 1. The number of aromatic nitrogens is 1. The first-order valence-electron chi connectivity index (χ1n) is 5.22. The second-order valence-electron chi connectivity index (χ2n) is 3.68. The van der Waals surface area contributed by atoms with Crippen LogP contribution in [0.2, 0.25) is 10.3 Å². The maximum Gasteiger partial charge on any atom is 0.251 e. The van der Waals surface area contributed by atoms with Gasteiger partial charge in [-0.3, -0.25) is 4.79 Å². The average molecular weight is 277 g/mol. The number of ether oxygens (including phenoxy) is 1. The Kier molecular flexibility index (Phi) is 5.68. The molecule has 0 unspecified atom stereocenters. The normalized spacial score (nSPS) is 10.6. The summed E-state index contributed by atoms with van der Waals surface area (Å²) in [5.74, 6) is -0.247. The predicted octanol–water partition coefficient (Wildman–Crippen LogP) is 2.54. The monoisotopic (exact) mass is 276 g/mol. The molecule has 0 aliphatic heterocycles. The lowest BCUT2D eigenvalue weighted by Gasteiger charge is -2.08. The Morgan fingerprint density at radius 2 is 2.00 bits per heavy atom. The third kappa shape index (κ3) is 5.35. The predicted molar refractivity (Wildman–Crippen MR) is 67.7 cm³/mol. The van der Waals surface area contributed by atoms with Crippen LogP contribution in [0, 0.1) is 0 Å². The van der Waals surface area contributed by atoms with Crippen molar-refractivity contribution in [3.05, 3.63) is 28.0 Å². The van der Waals surface area contributed by atoms with Gasteiger partial charge in [-0.2, -0.15) is 0 Å². The lowest BCUT2D eigenvalue weighted by atomic mass is 10.2. The molecule has 1 heterocycles. The van der Waals surface area contributed by atoms with Gasteiger partial charge < -0.3 is 10.1 Å². The molecule has 1 N–H and O–H groups in total. The van der Waals surface area contributed by atoms with Crippen molar-refractivity contribution >= 4 is 29.1 Å². The Morgan fingerprint density at radius 1 is 1.41 bits per heavy atom.